The summed E-state index contributed by atoms with van der Waals surface area (Å²) < 4.78 is 46.7. The third kappa shape index (κ3) is 3.99. The summed E-state index contributed by atoms with van der Waals surface area (Å²) in [5, 5.41) is 3.94. The Morgan fingerprint density at radius 1 is 1.08 bits per heavy atom. The first-order valence-electron chi connectivity index (χ1n) is 13.8. The molecule has 0 atom stereocenters. The minimum Gasteiger partial charge on any atom is -0.333 e. The van der Waals surface area contributed by atoms with Gasteiger partial charge in [-0.15, -0.1) is 0 Å². The standard InChI is InChI=1S/C29H34F3N3O3/c1-3-5-21(36)19-6-4-7-20(14-19)35(24(37)28-15-29(32,16-28)17-28)18-26-8-11-27(12-9-26,13-10-26)22-33-23(38-34-22)25(2,30)31/h4,6-7,14H,3,5,8-13,15-18H2,1-2H3. The normalized spacial score (nSPS) is 33.4. The number of ketones is 1. The highest BCUT2D eigenvalue weighted by Gasteiger charge is 2.73. The van der Waals surface area contributed by atoms with Gasteiger partial charge in [-0.1, -0.05) is 24.2 Å². The fraction of sp³-hybridized carbons (Fsp3) is 0.655. The predicted octanol–water partition coefficient (Wildman–Crippen LogP) is 6.68. The van der Waals surface area contributed by atoms with Crippen molar-refractivity contribution in [3.63, 3.8) is 0 Å². The zero-order chi connectivity index (χ0) is 27.0. The maximum atomic E-state index is 14.4. The quantitative estimate of drug-likeness (QED) is 0.339. The number of rotatable bonds is 9. The maximum Gasteiger partial charge on any atom is 0.322 e. The van der Waals surface area contributed by atoms with Crippen molar-refractivity contribution in [2.24, 2.45) is 10.8 Å². The van der Waals surface area contributed by atoms with E-state index in [9.17, 15) is 22.8 Å². The molecule has 0 spiro atoms. The van der Waals surface area contributed by atoms with Crippen LogP contribution >= 0.6 is 0 Å². The number of carbonyl (C=O) groups excluding carboxylic acids is 2. The van der Waals surface area contributed by atoms with Crippen LogP contribution in [-0.2, 0) is 16.1 Å². The molecule has 8 rings (SSSR count). The summed E-state index contributed by atoms with van der Waals surface area (Å²) >= 11 is 0. The summed E-state index contributed by atoms with van der Waals surface area (Å²) in [6.07, 6.45) is 6.64. The lowest BCUT2D eigenvalue weighted by molar-refractivity contribution is -0.211. The van der Waals surface area contributed by atoms with Crippen LogP contribution in [0.4, 0.5) is 18.9 Å². The summed E-state index contributed by atoms with van der Waals surface area (Å²) in [4.78, 5) is 32.5. The highest BCUT2D eigenvalue weighted by molar-refractivity contribution is 6.02. The van der Waals surface area contributed by atoms with Crippen molar-refractivity contribution in [3.8, 4) is 0 Å². The third-order valence-electron chi connectivity index (χ3n) is 9.79. The van der Waals surface area contributed by atoms with Gasteiger partial charge in [0, 0.05) is 36.6 Å². The Kier molecular flexibility index (Phi) is 5.65. The number of halogens is 3. The molecule has 2 aromatic rings. The van der Waals surface area contributed by atoms with Crippen molar-refractivity contribution in [3.05, 3.63) is 41.5 Å². The average Bonchev–Trinajstić information content (AvgIpc) is 3.38. The molecule has 6 saturated carbocycles. The van der Waals surface area contributed by atoms with Crippen molar-refractivity contribution in [1.29, 1.82) is 0 Å². The fourth-order valence-corrected chi connectivity index (χ4v) is 7.46. The molecule has 38 heavy (non-hydrogen) atoms. The highest BCUT2D eigenvalue weighted by Crippen LogP contribution is 2.70. The Hall–Kier alpha value is -2.71. The second-order valence-corrected chi connectivity index (χ2v) is 12.7. The number of fused-ring (bicyclic) bond motifs is 3. The van der Waals surface area contributed by atoms with Gasteiger partial charge in [-0.05, 0) is 81.8 Å². The molecule has 6 aliphatic carbocycles. The van der Waals surface area contributed by atoms with Gasteiger partial charge >= 0.3 is 5.92 Å². The van der Waals surface area contributed by atoms with Crippen molar-refractivity contribution in [2.75, 3.05) is 11.4 Å². The Balaban J connectivity index is 1.25. The van der Waals surface area contributed by atoms with E-state index >= 15 is 0 Å². The molecule has 1 aromatic carbocycles. The van der Waals surface area contributed by atoms with Crippen molar-refractivity contribution in [1.82, 2.24) is 10.1 Å². The minimum absolute atomic E-state index is 0.0399. The summed E-state index contributed by atoms with van der Waals surface area (Å²) in [5.74, 6) is -3.46. The van der Waals surface area contributed by atoms with E-state index < -0.39 is 22.9 Å². The Morgan fingerprint density at radius 2 is 1.74 bits per heavy atom. The van der Waals surface area contributed by atoms with Gasteiger partial charge in [0.05, 0.1) is 5.41 Å². The number of aromatic nitrogens is 2. The van der Waals surface area contributed by atoms with E-state index in [1.165, 1.54) is 0 Å². The Labute approximate surface area is 220 Å². The molecule has 0 aliphatic heterocycles. The molecule has 6 fully saturated rings. The van der Waals surface area contributed by atoms with Crippen LogP contribution in [-0.4, -0.2) is 34.0 Å². The number of nitrogens with zero attached hydrogens (tertiary/aromatic N) is 3. The largest absolute Gasteiger partial charge is 0.333 e. The first-order chi connectivity index (χ1) is 17.9. The molecule has 0 N–H and O–H groups in total. The average molecular weight is 530 g/mol. The molecule has 1 heterocycles. The van der Waals surface area contributed by atoms with Gasteiger partial charge in [-0.25, -0.2) is 4.39 Å². The lowest BCUT2D eigenvalue weighted by Crippen LogP contribution is -2.71. The molecule has 1 aromatic heterocycles. The van der Waals surface area contributed by atoms with E-state index in [-0.39, 0.29) is 41.8 Å². The van der Waals surface area contributed by atoms with E-state index in [2.05, 4.69) is 10.1 Å². The van der Waals surface area contributed by atoms with Gasteiger partial charge in [0.25, 0.3) is 5.89 Å². The highest BCUT2D eigenvalue weighted by atomic mass is 19.3. The van der Waals surface area contributed by atoms with Crippen LogP contribution in [0, 0.1) is 10.8 Å². The minimum atomic E-state index is -3.18. The molecule has 204 valence electrons. The molecule has 0 unspecified atom stereocenters. The van der Waals surface area contributed by atoms with Crippen LogP contribution in [0.1, 0.15) is 107 Å². The summed E-state index contributed by atoms with van der Waals surface area (Å²) in [7, 11) is 0. The van der Waals surface area contributed by atoms with Crippen molar-refractivity contribution >= 4 is 17.4 Å². The van der Waals surface area contributed by atoms with E-state index in [0.29, 0.717) is 30.0 Å². The molecule has 9 heteroatoms. The monoisotopic (exact) mass is 529 g/mol. The summed E-state index contributed by atoms with van der Waals surface area (Å²) in [6.45, 7) is 3.21. The molecule has 0 radical (unpaired) electrons. The summed E-state index contributed by atoms with van der Waals surface area (Å²) in [5.41, 5.74) is -1.06. The van der Waals surface area contributed by atoms with Gasteiger partial charge < -0.3 is 9.42 Å². The second kappa shape index (κ2) is 8.39. The van der Waals surface area contributed by atoms with Gasteiger partial charge in [0.1, 0.15) is 5.67 Å². The number of benzene rings is 1. The molecule has 6 aliphatic rings. The summed E-state index contributed by atoms with van der Waals surface area (Å²) in [6, 6.07) is 7.29. The van der Waals surface area contributed by atoms with Crippen LogP contribution in [0.5, 0.6) is 0 Å². The molecule has 4 bridgehead atoms. The van der Waals surface area contributed by atoms with Crippen molar-refractivity contribution < 1.29 is 27.3 Å². The number of amides is 1. The van der Waals surface area contributed by atoms with Crippen LogP contribution < -0.4 is 4.90 Å². The smallest absolute Gasteiger partial charge is 0.322 e. The molecule has 1 amide bonds. The Morgan fingerprint density at radius 3 is 2.29 bits per heavy atom. The lowest BCUT2D eigenvalue weighted by Gasteiger charge is -2.65. The Bertz CT molecular complexity index is 1240. The topological polar surface area (TPSA) is 76.3 Å². The molecular formula is C29H34F3N3O3. The van der Waals surface area contributed by atoms with E-state index in [4.69, 9.17) is 4.52 Å². The number of hydrogen-bond acceptors (Lipinski definition) is 5. The van der Waals surface area contributed by atoms with Crippen molar-refractivity contribution in [2.45, 2.75) is 101 Å². The van der Waals surface area contributed by atoms with Crippen LogP contribution in [0.25, 0.3) is 0 Å². The van der Waals surface area contributed by atoms with E-state index in [1.807, 2.05) is 30.0 Å². The first-order valence-corrected chi connectivity index (χ1v) is 13.8. The number of anilines is 1. The second-order valence-electron chi connectivity index (χ2n) is 12.7. The van der Waals surface area contributed by atoms with E-state index in [1.54, 1.807) is 6.07 Å². The zero-order valence-electron chi connectivity index (χ0n) is 22.0. The fourth-order valence-electron chi connectivity index (χ4n) is 7.46. The number of hydrogen-bond donors (Lipinski definition) is 0. The molecule has 0 saturated heterocycles. The SMILES string of the molecule is CCCC(=O)c1cccc(N(CC23CCC(c4noc(C(C)(F)F)n4)(CC2)CC3)C(=O)C23CC(F)(C2)C3)c1. The third-order valence-corrected chi connectivity index (χ3v) is 9.79. The van der Waals surface area contributed by atoms with Gasteiger partial charge in [0.15, 0.2) is 11.6 Å². The first kappa shape index (κ1) is 25.6. The van der Waals surface area contributed by atoms with Crippen LogP contribution in [0.2, 0.25) is 0 Å². The van der Waals surface area contributed by atoms with E-state index in [0.717, 1.165) is 51.9 Å². The van der Waals surface area contributed by atoms with Gasteiger partial charge in [-0.3, -0.25) is 9.59 Å². The number of Topliss-reactive ketones (excluding diaryl/α,β-unsaturated/α-hetero) is 1. The number of carbonyl (C=O) groups is 2. The molecule has 6 nitrogen and oxygen atoms in total. The van der Waals surface area contributed by atoms with Crippen LogP contribution in [0.15, 0.2) is 28.8 Å². The number of alkyl halides is 3. The van der Waals surface area contributed by atoms with Gasteiger partial charge in [-0.2, -0.15) is 13.8 Å². The predicted molar refractivity (Wildman–Crippen MR) is 134 cm³/mol. The van der Waals surface area contributed by atoms with Crippen LogP contribution in [0.3, 0.4) is 0 Å². The maximum absolute atomic E-state index is 14.4. The lowest BCUT2D eigenvalue weighted by atomic mass is 9.41. The van der Waals surface area contributed by atoms with Gasteiger partial charge in [0.2, 0.25) is 5.91 Å². The zero-order valence-corrected chi connectivity index (χ0v) is 22.0. The molecular weight excluding hydrogens is 495 g/mol.